The van der Waals surface area contributed by atoms with Gasteiger partial charge in [-0.1, -0.05) is 12.1 Å². The summed E-state index contributed by atoms with van der Waals surface area (Å²) in [5, 5.41) is 11.1. The molecule has 8 nitrogen and oxygen atoms in total. The molecule has 0 radical (unpaired) electrons. The first-order chi connectivity index (χ1) is 12.2. The molecule has 0 bridgehead atoms. The highest BCUT2D eigenvalue weighted by atomic mass is 16.6. The lowest BCUT2D eigenvalue weighted by Gasteiger charge is -2.35. The lowest BCUT2D eigenvalue weighted by Crippen LogP contribution is -2.33. The van der Waals surface area contributed by atoms with Crippen molar-refractivity contribution < 1.29 is 24.0 Å². The van der Waals surface area contributed by atoms with Crippen LogP contribution in [0.15, 0.2) is 46.8 Å². The Balaban J connectivity index is 2.79. The van der Waals surface area contributed by atoms with E-state index in [0.29, 0.717) is 17.0 Å². The summed E-state index contributed by atoms with van der Waals surface area (Å²) in [5.74, 6) is -2.05. The molecule has 26 heavy (non-hydrogen) atoms. The van der Waals surface area contributed by atoms with E-state index in [-0.39, 0.29) is 16.8 Å². The number of carbonyl (C=O) groups is 2. The summed E-state index contributed by atoms with van der Waals surface area (Å²) in [6.45, 7) is 3.46. The van der Waals surface area contributed by atoms with E-state index in [2.05, 4.69) is 0 Å². The van der Waals surface area contributed by atoms with E-state index in [1.165, 1.54) is 32.4 Å². The van der Waals surface area contributed by atoms with E-state index >= 15 is 0 Å². The van der Waals surface area contributed by atoms with Gasteiger partial charge >= 0.3 is 11.9 Å². The van der Waals surface area contributed by atoms with Crippen LogP contribution in [0.5, 0.6) is 0 Å². The summed E-state index contributed by atoms with van der Waals surface area (Å²) in [6.07, 6.45) is 0. The van der Waals surface area contributed by atoms with Crippen LogP contribution in [0.4, 0.5) is 5.69 Å². The lowest BCUT2D eigenvalue weighted by molar-refractivity contribution is -0.384. The summed E-state index contributed by atoms with van der Waals surface area (Å²) in [6, 6.07) is 5.85. The minimum Gasteiger partial charge on any atom is -0.466 e. The van der Waals surface area contributed by atoms with Crippen LogP contribution < -0.4 is 0 Å². The summed E-state index contributed by atoms with van der Waals surface area (Å²) in [4.78, 5) is 37.3. The highest BCUT2D eigenvalue weighted by molar-refractivity contribution is 5.99. The molecule has 1 heterocycles. The van der Waals surface area contributed by atoms with Gasteiger partial charge in [0.05, 0.1) is 36.2 Å². The predicted molar refractivity (Wildman–Crippen MR) is 93.0 cm³/mol. The molecule has 8 heteroatoms. The minimum absolute atomic E-state index is 0.134. The number of nitro benzene ring substituents is 1. The number of ether oxygens (including phenoxy) is 2. The standard InChI is InChI=1S/C18H20N2O6/c1-10-14(17(21)25-4)16(12-7-6-8-13(9-12)20(23)24)15(18(22)26-5)11(2)19(10)3/h6-9,16H,1-5H3. The molecular weight excluding hydrogens is 340 g/mol. The molecule has 0 spiro atoms. The van der Waals surface area contributed by atoms with Crippen molar-refractivity contribution in [3.8, 4) is 0 Å². The Morgan fingerprint density at radius 1 is 1.08 bits per heavy atom. The van der Waals surface area contributed by atoms with Crippen LogP contribution in [0.3, 0.4) is 0 Å². The molecule has 138 valence electrons. The van der Waals surface area contributed by atoms with E-state index in [1.807, 2.05) is 0 Å². The molecule has 0 amide bonds. The van der Waals surface area contributed by atoms with Gasteiger partial charge < -0.3 is 14.4 Å². The normalized spacial score (nSPS) is 15.2. The SMILES string of the molecule is COC(=O)C1=C(C)N(C)C(C)=C(C(=O)OC)C1c1cccc([N+](=O)[O-])c1. The zero-order valence-corrected chi connectivity index (χ0v) is 15.2. The van der Waals surface area contributed by atoms with Crippen LogP contribution in [0.25, 0.3) is 0 Å². The number of benzene rings is 1. The van der Waals surface area contributed by atoms with Gasteiger partial charge in [-0.25, -0.2) is 9.59 Å². The highest BCUT2D eigenvalue weighted by Crippen LogP contribution is 2.42. The Labute approximate surface area is 150 Å². The Hall–Kier alpha value is -3.16. The smallest absolute Gasteiger partial charge is 0.336 e. The highest BCUT2D eigenvalue weighted by Gasteiger charge is 2.39. The second-order valence-corrected chi connectivity index (χ2v) is 5.83. The topological polar surface area (TPSA) is 99.0 Å². The van der Waals surface area contributed by atoms with E-state index in [1.54, 1.807) is 31.9 Å². The summed E-state index contributed by atoms with van der Waals surface area (Å²) in [7, 11) is 4.21. The number of non-ortho nitro benzene ring substituents is 1. The number of rotatable bonds is 4. The van der Waals surface area contributed by atoms with Crippen LogP contribution in [-0.2, 0) is 19.1 Å². The van der Waals surface area contributed by atoms with Crippen molar-refractivity contribution >= 4 is 17.6 Å². The third kappa shape index (κ3) is 3.17. The molecule has 2 rings (SSSR count). The fraction of sp³-hybridized carbons (Fsp3) is 0.333. The number of nitro groups is 1. The Morgan fingerprint density at radius 2 is 1.58 bits per heavy atom. The number of allylic oxidation sites excluding steroid dienone is 2. The first kappa shape index (κ1) is 19.2. The van der Waals surface area contributed by atoms with Gasteiger partial charge in [0.1, 0.15) is 0 Å². The predicted octanol–water partition coefficient (Wildman–Crippen LogP) is 2.52. The number of esters is 2. The van der Waals surface area contributed by atoms with Crippen molar-refractivity contribution in [3.63, 3.8) is 0 Å². The van der Waals surface area contributed by atoms with E-state index in [4.69, 9.17) is 9.47 Å². The molecule has 0 unspecified atom stereocenters. The van der Waals surface area contributed by atoms with Gasteiger partial charge in [-0.15, -0.1) is 0 Å². The van der Waals surface area contributed by atoms with Gasteiger partial charge in [-0.05, 0) is 19.4 Å². The third-order valence-corrected chi connectivity index (χ3v) is 4.59. The summed E-state index contributed by atoms with van der Waals surface area (Å²) >= 11 is 0. The largest absolute Gasteiger partial charge is 0.466 e. The molecule has 1 aromatic carbocycles. The minimum atomic E-state index is -0.828. The zero-order valence-electron chi connectivity index (χ0n) is 15.2. The Kier molecular flexibility index (Phi) is 5.44. The number of methoxy groups -OCH3 is 2. The monoisotopic (exact) mass is 360 g/mol. The van der Waals surface area contributed by atoms with Crippen LogP contribution >= 0.6 is 0 Å². The fourth-order valence-electron chi connectivity index (χ4n) is 3.08. The molecule has 0 aliphatic carbocycles. The first-order valence-electron chi connectivity index (χ1n) is 7.80. The van der Waals surface area contributed by atoms with Crippen LogP contribution in [0, 0.1) is 10.1 Å². The zero-order chi connectivity index (χ0) is 19.6. The maximum atomic E-state index is 12.5. The molecule has 1 aliphatic rings. The number of hydrogen-bond donors (Lipinski definition) is 0. The quantitative estimate of drug-likeness (QED) is 0.462. The van der Waals surface area contributed by atoms with Crippen molar-refractivity contribution in [2.75, 3.05) is 21.3 Å². The van der Waals surface area contributed by atoms with Crippen molar-refractivity contribution in [3.05, 3.63) is 62.5 Å². The molecule has 1 aliphatic heterocycles. The molecule has 0 atom stereocenters. The van der Waals surface area contributed by atoms with Crippen LogP contribution in [-0.4, -0.2) is 43.0 Å². The molecule has 0 saturated carbocycles. The summed E-state index contributed by atoms with van der Waals surface area (Å²) < 4.78 is 9.81. The fourth-order valence-corrected chi connectivity index (χ4v) is 3.08. The maximum absolute atomic E-state index is 12.5. The van der Waals surface area contributed by atoms with E-state index in [0.717, 1.165) is 0 Å². The molecule has 0 aromatic heterocycles. The van der Waals surface area contributed by atoms with Gasteiger partial charge in [0, 0.05) is 30.6 Å². The average molecular weight is 360 g/mol. The van der Waals surface area contributed by atoms with Gasteiger partial charge in [-0.3, -0.25) is 10.1 Å². The average Bonchev–Trinajstić information content (AvgIpc) is 2.64. The molecule has 0 N–H and O–H groups in total. The second kappa shape index (κ2) is 7.38. The van der Waals surface area contributed by atoms with Crippen molar-refractivity contribution in [2.24, 2.45) is 0 Å². The van der Waals surface area contributed by atoms with Gasteiger partial charge in [0.25, 0.3) is 5.69 Å². The van der Waals surface area contributed by atoms with Crippen molar-refractivity contribution in [2.45, 2.75) is 19.8 Å². The first-order valence-corrected chi connectivity index (χ1v) is 7.80. The Bertz CT molecular complexity index is 800. The lowest BCUT2D eigenvalue weighted by atomic mass is 9.79. The second-order valence-electron chi connectivity index (χ2n) is 5.83. The van der Waals surface area contributed by atoms with Gasteiger partial charge in [0.2, 0.25) is 0 Å². The third-order valence-electron chi connectivity index (χ3n) is 4.59. The van der Waals surface area contributed by atoms with Crippen molar-refractivity contribution in [1.29, 1.82) is 0 Å². The van der Waals surface area contributed by atoms with Gasteiger partial charge in [-0.2, -0.15) is 0 Å². The molecule has 0 fully saturated rings. The molecular formula is C18H20N2O6. The van der Waals surface area contributed by atoms with E-state index < -0.39 is 22.8 Å². The number of nitrogens with zero attached hydrogens (tertiary/aromatic N) is 2. The summed E-state index contributed by atoms with van der Waals surface area (Å²) in [5.41, 5.74) is 1.97. The van der Waals surface area contributed by atoms with Crippen molar-refractivity contribution in [1.82, 2.24) is 4.90 Å². The molecule has 0 saturated heterocycles. The molecule has 1 aromatic rings. The van der Waals surface area contributed by atoms with Crippen LogP contribution in [0.1, 0.15) is 25.3 Å². The van der Waals surface area contributed by atoms with Gasteiger partial charge in [0.15, 0.2) is 0 Å². The van der Waals surface area contributed by atoms with Crippen LogP contribution in [0.2, 0.25) is 0 Å². The number of hydrogen-bond acceptors (Lipinski definition) is 7. The maximum Gasteiger partial charge on any atom is 0.336 e. The number of carbonyl (C=O) groups excluding carboxylic acids is 2. The van der Waals surface area contributed by atoms with E-state index in [9.17, 15) is 19.7 Å². The Morgan fingerprint density at radius 3 is 2.00 bits per heavy atom.